The molecule has 0 aromatic heterocycles. The average molecular weight is 378 g/mol. The zero-order chi connectivity index (χ0) is 19.2. The minimum Gasteiger partial charge on any atom is -0.309 e. The third kappa shape index (κ3) is 8.33. The van der Waals surface area contributed by atoms with E-state index in [9.17, 15) is 4.39 Å². The zero-order valence-electron chi connectivity index (χ0n) is 16.3. The molecule has 0 spiro atoms. The third-order valence-corrected chi connectivity index (χ3v) is 4.63. The number of rotatable bonds is 8. The van der Waals surface area contributed by atoms with Gasteiger partial charge < -0.3 is 5.32 Å². The van der Waals surface area contributed by atoms with Crippen LogP contribution in [0.3, 0.4) is 0 Å². The standard InChI is InChI=1S/C21H27ClFN.C2H6/c1-2-5-17(7-4-13-23)15-24-16-18-6-3-8-20(14-18)19-9-11-21(22)12-10-19;1-2/h3-7,9,11-12,14,19-20,24H,2,8,10,13,15-16H2,1H3;1-2H3/b7-4-,17-5+;. The fourth-order valence-electron chi connectivity index (χ4n) is 3.13. The third-order valence-electron chi connectivity index (χ3n) is 4.35. The van der Waals surface area contributed by atoms with Gasteiger partial charge in [0.05, 0.1) is 0 Å². The van der Waals surface area contributed by atoms with Crippen molar-refractivity contribution >= 4 is 11.6 Å². The number of halogens is 2. The van der Waals surface area contributed by atoms with Gasteiger partial charge in [-0.3, -0.25) is 0 Å². The smallest absolute Gasteiger partial charge is 0.108 e. The highest BCUT2D eigenvalue weighted by Gasteiger charge is 2.19. The summed E-state index contributed by atoms with van der Waals surface area (Å²) in [6.45, 7) is 7.29. The minimum atomic E-state index is -0.413. The Morgan fingerprint density at radius 2 is 2.08 bits per heavy atom. The molecule has 1 N–H and O–H groups in total. The largest absolute Gasteiger partial charge is 0.309 e. The van der Waals surface area contributed by atoms with E-state index >= 15 is 0 Å². The first-order chi connectivity index (χ1) is 12.7. The fraction of sp³-hybridized carbons (Fsp3) is 0.478. The van der Waals surface area contributed by atoms with E-state index in [0.717, 1.165) is 43.0 Å². The van der Waals surface area contributed by atoms with Crippen LogP contribution < -0.4 is 5.32 Å². The maximum absolute atomic E-state index is 12.3. The Morgan fingerprint density at radius 3 is 2.73 bits per heavy atom. The van der Waals surface area contributed by atoms with Crippen molar-refractivity contribution in [1.29, 1.82) is 0 Å². The van der Waals surface area contributed by atoms with Crippen molar-refractivity contribution in [2.75, 3.05) is 19.8 Å². The summed E-state index contributed by atoms with van der Waals surface area (Å²) < 4.78 is 12.3. The van der Waals surface area contributed by atoms with Gasteiger partial charge in [-0.2, -0.15) is 0 Å². The molecule has 2 atom stereocenters. The summed E-state index contributed by atoms with van der Waals surface area (Å²) in [5, 5.41) is 4.31. The molecule has 0 aliphatic heterocycles. The lowest BCUT2D eigenvalue weighted by Crippen LogP contribution is -2.21. The molecule has 2 unspecified atom stereocenters. The van der Waals surface area contributed by atoms with Gasteiger partial charge in [0.1, 0.15) is 6.67 Å². The normalized spacial score (nSPS) is 22.7. The van der Waals surface area contributed by atoms with Gasteiger partial charge in [-0.1, -0.05) is 81.0 Å². The predicted molar refractivity (Wildman–Crippen MR) is 114 cm³/mol. The maximum Gasteiger partial charge on any atom is 0.108 e. The fourth-order valence-corrected chi connectivity index (χ4v) is 3.29. The summed E-state index contributed by atoms with van der Waals surface area (Å²) in [7, 11) is 0. The van der Waals surface area contributed by atoms with Crippen LogP contribution in [-0.4, -0.2) is 19.8 Å². The Bertz CT molecular complexity index is 581. The van der Waals surface area contributed by atoms with Crippen LogP contribution >= 0.6 is 11.6 Å². The summed E-state index contributed by atoms with van der Waals surface area (Å²) in [5.41, 5.74) is 2.47. The molecule has 0 aromatic carbocycles. The van der Waals surface area contributed by atoms with Crippen LogP contribution in [0, 0.1) is 11.8 Å². The molecule has 0 radical (unpaired) electrons. The van der Waals surface area contributed by atoms with E-state index in [1.165, 1.54) is 5.57 Å². The average Bonchev–Trinajstić information content (AvgIpc) is 2.68. The molecule has 0 aromatic rings. The van der Waals surface area contributed by atoms with Gasteiger partial charge in [0.2, 0.25) is 0 Å². The van der Waals surface area contributed by atoms with Crippen molar-refractivity contribution < 1.29 is 4.39 Å². The Kier molecular flexibility index (Phi) is 12.0. The zero-order valence-corrected chi connectivity index (χ0v) is 17.1. The van der Waals surface area contributed by atoms with Crippen LogP contribution in [0.4, 0.5) is 4.39 Å². The van der Waals surface area contributed by atoms with Crippen molar-refractivity contribution in [1.82, 2.24) is 5.32 Å². The highest BCUT2D eigenvalue weighted by atomic mass is 35.5. The van der Waals surface area contributed by atoms with E-state index in [4.69, 9.17) is 11.6 Å². The van der Waals surface area contributed by atoms with Gasteiger partial charge in [0, 0.05) is 18.1 Å². The molecule has 0 amide bonds. The number of hydrogen-bond acceptors (Lipinski definition) is 1. The SMILES string of the molecule is CC.CC/C=C(\C=C/CF)CNCC1=CC(C2C=CC(Cl)=CC2)CC=C1. The van der Waals surface area contributed by atoms with Crippen molar-refractivity contribution in [2.24, 2.45) is 11.8 Å². The topological polar surface area (TPSA) is 12.0 Å². The first-order valence-corrected chi connectivity index (χ1v) is 10.1. The van der Waals surface area contributed by atoms with E-state index < -0.39 is 6.67 Å². The van der Waals surface area contributed by atoms with E-state index in [1.54, 1.807) is 6.08 Å². The quantitative estimate of drug-likeness (QED) is 0.466. The van der Waals surface area contributed by atoms with Gasteiger partial charge in [0.25, 0.3) is 0 Å². The van der Waals surface area contributed by atoms with Crippen LogP contribution in [0.5, 0.6) is 0 Å². The lowest BCUT2D eigenvalue weighted by atomic mass is 9.81. The van der Waals surface area contributed by atoms with Gasteiger partial charge in [0.15, 0.2) is 0 Å². The summed E-state index contributed by atoms with van der Waals surface area (Å²) >= 11 is 6.01. The Hall–Kier alpha value is -1.38. The second-order valence-corrected chi connectivity index (χ2v) is 6.68. The van der Waals surface area contributed by atoms with E-state index in [1.807, 2.05) is 26.0 Å². The summed E-state index contributed by atoms with van der Waals surface area (Å²) in [6.07, 6.45) is 21.8. The molecule has 0 saturated carbocycles. The molecule has 3 heteroatoms. The van der Waals surface area contributed by atoms with Gasteiger partial charge in [-0.25, -0.2) is 4.39 Å². The number of nitrogens with one attached hydrogen (secondary N) is 1. The van der Waals surface area contributed by atoms with E-state index in [-0.39, 0.29) is 0 Å². The Labute approximate surface area is 164 Å². The van der Waals surface area contributed by atoms with Gasteiger partial charge in [-0.05, 0) is 48.3 Å². The molecule has 2 aliphatic carbocycles. The molecular formula is C23H33ClFN. The van der Waals surface area contributed by atoms with Gasteiger partial charge >= 0.3 is 0 Å². The summed E-state index contributed by atoms with van der Waals surface area (Å²) in [6, 6.07) is 0. The number of allylic oxidation sites excluding steroid dienone is 8. The monoisotopic (exact) mass is 377 g/mol. The van der Waals surface area contributed by atoms with Crippen molar-refractivity contribution in [2.45, 2.75) is 40.0 Å². The maximum atomic E-state index is 12.3. The molecule has 0 bridgehead atoms. The first kappa shape index (κ1) is 22.7. The van der Waals surface area contributed by atoms with Crippen LogP contribution in [0.1, 0.15) is 40.0 Å². The van der Waals surface area contributed by atoms with Crippen LogP contribution in [0.15, 0.2) is 70.9 Å². The van der Waals surface area contributed by atoms with Gasteiger partial charge in [-0.15, -0.1) is 0 Å². The highest BCUT2D eigenvalue weighted by Crippen LogP contribution is 2.31. The Morgan fingerprint density at radius 1 is 1.27 bits per heavy atom. The molecule has 2 rings (SSSR count). The lowest BCUT2D eigenvalue weighted by Gasteiger charge is -2.25. The second kappa shape index (κ2) is 13.8. The van der Waals surface area contributed by atoms with E-state index in [0.29, 0.717) is 11.8 Å². The van der Waals surface area contributed by atoms with Crippen molar-refractivity contribution in [3.05, 3.63) is 70.9 Å². The summed E-state index contributed by atoms with van der Waals surface area (Å²) in [5.74, 6) is 1.08. The molecule has 2 aliphatic rings. The number of alkyl halides is 1. The second-order valence-electron chi connectivity index (χ2n) is 6.24. The first-order valence-electron chi connectivity index (χ1n) is 9.76. The van der Waals surface area contributed by atoms with E-state index in [2.05, 4.69) is 48.7 Å². The highest BCUT2D eigenvalue weighted by molar-refractivity contribution is 6.31. The van der Waals surface area contributed by atoms with Crippen LogP contribution in [0.2, 0.25) is 0 Å². The Balaban J connectivity index is 0.00000163. The van der Waals surface area contributed by atoms with Crippen molar-refractivity contribution in [3.63, 3.8) is 0 Å². The molecule has 0 heterocycles. The molecule has 26 heavy (non-hydrogen) atoms. The lowest BCUT2D eigenvalue weighted by molar-refractivity contribution is 0.473. The predicted octanol–water partition coefficient (Wildman–Crippen LogP) is 6.67. The molecule has 1 nitrogen and oxygen atoms in total. The summed E-state index contributed by atoms with van der Waals surface area (Å²) in [4.78, 5) is 0. The minimum absolute atomic E-state index is 0.413. The molecular weight excluding hydrogens is 345 g/mol. The number of hydrogen-bond donors (Lipinski definition) is 1. The van der Waals surface area contributed by atoms with Crippen LogP contribution in [-0.2, 0) is 0 Å². The van der Waals surface area contributed by atoms with Crippen molar-refractivity contribution in [3.8, 4) is 0 Å². The molecule has 0 saturated heterocycles. The molecule has 0 fully saturated rings. The van der Waals surface area contributed by atoms with Crippen LogP contribution in [0.25, 0.3) is 0 Å². The molecule has 144 valence electrons.